The minimum atomic E-state index is 0.287. The molecule has 0 saturated carbocycles. The lowest BCUT2D eigenvalue weighted by Crippen LogP contribution is -2.48. The van der Waals surface area contributed by atoms with E-state index in [4.69, 9.17) is 9.47 Å². The Labute approximate surface area is 119 Å². The Morgan fingerprint density at radius 3 is 3.00 bits per heavy atom. The molecule has 2 fully saturated rings. The van der Waals surface area contributed by atoms with Crippen molar-refractivity contribution in [2.75, 3.05) is 45.3 Å². The van der Waals surface area contributed by atoms with E-state index in [1.165, 1.54) is 0 Å². The maximum atomic E-state index is 5.88. The molecule has 1 aromatic rings. The molecule has 110 valence electrons. The van der Waals surface area contributed by atoms with E-state index in [0.717, 1.165) is 43.6 Å². The second-order valence-corrected chi connectivity index (χ2v) is 5.58. The molecule has 0 bridgehead atoms. The fourth-order valence-corrected chi connectivity index (χ4v) is 3.01. The summed E-state index contributed by atoms with van der Waals surface area (Å²) in [6.45, 7) is 6.14. The van der Waals surface area contributed by atoms with Crippen LogP contribution in [0.2, 0.25) is 0 Å². The van der Waals surface area contributed by atoms with Gasteiger partial charge in [0.05, 0.1) is 18.8 Å². The highest BCUT2D eigenvalue weighted by Crippen LogP contribution is 2.25. The normalized spacial score (nSPS) is 26.9. The van der Waals surface area contributed by atoms with Crippen LogP contribution in [0, 0.1) is 6.92 Å². The van der Waals surface area contributed by atoms with E-state index in [0.29, 0.717) is 12.6 Å². The van der Waals surface area contributed by atoms with Crippen LogP contribution in [0.1, 0.15) is 11.5 Å². The van der Waals surface area contributed by atoms with E-state index < -0.39 is 0 Å². The van der Waals surface area contributed by atoms with Crippen molar-refractivity contribution in [2.24, 2.45) is 0 Å². The zero-order chi connectivity index (χ0) is 14.1. The number of aryl methyl sites for hydroxylation is 1. The molecule has 3 rings (SSSR count). The quantitative estimate of drug-likeness (QED) is 0.800. The Balaban J connectivity index is 1.80. The Bertz CT molecular complexity index is 482. The second-order valence-electron chi connectivity index (χ2n) is 5.58. The summed E-state index contributed by atoms with van der Waals surface area (Å²) >= 11 is 0. The number of rotatable bonds is 3. The van der Waals surface area contributed by atoms with Gasteiger partial charge in [-0.1, -0.05) is 0 Å². The van der Waals surface area contributed by atoms with E-state index in [1.54, 1.807) is 7.11 Å². The highest BCUT2D eigenvalue weighted by atomic mass is 16.5. The number of nitrogens with zero attached hydrogens (tertiary/aromatic N) is 4. The molecule has 0 aliphatic carbocycles. The molecule has 2 aliphatic heterocycles. The average molecular weight is 278 g/mol. The van der Waals surface area contributed by atoms with Crippen molar-refractivity contribution in [3.05, 3.63) is 17.6 Å². The molecule has 0 aromatic carbocycles. The van der Waals surface area contributed by atoms with Crippen molar-refractivity contribution >= 4 is 5.82 Å². The topological polar surface area (TPSA) is 50.7 Å². The van der Waals surface area contributed by atoms with Crippen LogP contribution in [0.25, 0.3) is 0 Å². The van der Waals surface area contributed by atoms with Gasteiger partial charge in [0.25, 0.3) is 0 Å². The molecule has 3 heterocycles. The Hall–Kier alpha value is -1.24. The van der Waals surface area contributed by atoms with Gasteiger partial charge in [-0.2, -0.15) is 0 Å². The summed E-state index contributed by atoms with van der Waals surface area (Å²) in [6, 6.07) is 2.50. The fourth-order valence-electron chi connectivity index (χ4n) is 3.01. The number of ether oxygens (including phenoxy) is 2. The van der Waals surface area contributed by atoms with Gasteiger partial charge in [-0.25, -0.2) is 9.97 Å². The third-order valence-electron chi connectivity index (χ3n) is 4.06. The van der Waals surface area contributed by atoms with Crippen molar-refractivity contribution in [1.29, 1.82) is 0 Å². The van der Waals surface area contributed by atoms with Crippen LogP contribution in [0.3, 0.4) is 0 Å². The van der Waals surface area contributed by atoms with Crippen molar-refractivity contribution in [2.45, 2.75) is 25.7 Å². The Morgan fingerprint density at radius 1 is 1.40 bits per heavy atom. The standard InChI is InChI=1S/C14H22N4O2/c1-10-6-14(16-13(15-10)9-19-3)18-7-11-12(8-18)20-5-4-17(11)2/h6,11-12H,4-5,7-9H2,1-3H3. The highest BCUT2D eigenvalue weighted by molar-refractivity contribution is 5.42. The third-order valence-corrected chi connectivity index (χ3v) is 4.06. The van der Waals surface area contributed by atoms with Crippen LogP contribution >= 0.6 is 0 Å². The lowest BCUT2D eigenvalue weighted by Gasteiger charge is -2.33. The number of hydrogen-bond acceptors (Lipinski definition) is 6. The van der Waals surface area contributed by atoms with Gasteiger partial charge in [0, 0.05) is 38.5 Å². The molecular formula is C14H22N4O2. The van der Waals surface area contributed by atoms with E-state index in [2.05, 4.69) is 26.8 Å². The first-order valence-corrected chi connectivity index (χ1v) is 7.07. The van der Waals surface area contributed by atoms with Crippen molar-refractivity contribution in [3.8, 4) is 0 Å². The maximum Gasteiger partial charge on any atom is 0.156 e. The fraction of sp³-hybridized carbons (Fsp3) is 0.714. The molecule has 0 radical (unpaired) electrons. The zero-order valence-electron chi connectivity index (χ0n) is 12.4. The molecule has 0 N–H and O–H groups in total. The van der Waals surface area contributed by atoms with E-state index >= 15 is 0 Å². The number of aromatic nitrogens is 2. The molecule has 2 atom stereocenters. The van der Waals surface area contributed by atoms with Gasteiger partial charge in [-0.05, 0) is 14.0 Å². The van der Waals surface area contributed by atoms with Crippen LogP contribution in [0.15, 0.2) is 6.07 Å². The van der Waals surface area contributed by atoms with Gasteiger partial charge in [0.2, 0.25) is 0 Å². The van der Waals surface area contributed by atoms with Crippen LogP contribution < -0.4 is 4.90 Å². The predicted molar refractivity (Wildman–Crippen MR) is 75.9 cm³/mol. The SMILES string of the molecule is COCc1nc(C)cc(N2CC3OCCN(C)C3C2)n1. The van der Waals surface area contributed by atoms with Gasteiger partial charge in [0.1, 0.15) is 12.4 Å². The largest absolute Gasteiger partial charge is 0.377 e. The van der Waals surface area contributed by atoms with Crippen LogP contribution in [-0.4, -0.2) is 67.4 Å². The van der Waals surface area contributed by atoms with E-state index in [9.17, 15) is 0 Å². The number of morpholine rings is 1. The summed E-state index contributed by atoms with van der Waals surface area (Å²) in [5.41, 5.74) is 0.978. The first kappa shape index (κ1) is 13.7. The number of hydrogen-bond donors (Lipinski definition) is 0. The predicted octanol–water partition coefficient (Wildman–Crippen LogP) is 0.451. The third kappa shape index (κ3) is 2.63. The average Bonchev–Trinajstić information content (AvgIpc) is 2.84. The summed E-state index contributed by atoms with van der Waals surface area (Å²) in [7, 11) is 3.84. The van der Waals surface area contributed by atoms with Crippen molar-refractivity contribution < 1.29 is 9.47 Å². The number of methoxy groups -OCH3 is 1. The molecular weight excluding hydrogens is 256 g/mol. The molecule has 0 amide bonds. The number of anilines is 1. The Kier molecular flexibility index (Phi) is 3.87. The van der Waals surface area contributed by atoms with Crippen molar-refractivity contribution in [3.63, 3.8) is 0 Å². The Morgan fingerprint density at radius 2 is 2.25 bits per heavy atom. The smallest absolute Gasteiger partial charge is 0.156 e. The first-order valence-electron chi connectivity index (χ1n) is 7.07. The monoisotopic (exact) mass is 278 g/mol. The van der Waals surface area contributed by atoms with Crippen LogP contribution in [-0.2, 0) is 16.1 Å². The van der Waals surface area contributed by atoms with E-state index in [-0.39, 0.29) is 6.10 Å². The molecule has 1 aromatic heterocycles. The number of fused-ring (bicyclic) bond motifs is 1. The van der Waals surface area contributed by atoms with E-state index in [1.807, 2.05) is 13.0 Å². The molecule has 6 heteroatoms. The van der Waals surface area contributed by atoms with Gasteiger partial charge >= 0.3 is 0 Å². The summed E-state index contributed by atoms with van der Waals surface area (Å²) < 4.78 is 11.0. The lowest BCUT2D eigenvalue weighted by atomic mass is 10.1. The van der Waals surface area contributed by atoms with Crippen LogP contribution in [0.5, 0.6) is 0 Å². The highest BCUT2D eigenvalue weighted by Gasteiger charge is 2.39. The van der Waals surface area contributed by atoms with Gasteiger partial charge < -0.3 is 14.4 Å². The zero-order valence-corrected chi connectivity index (χ0v) is 12.4. The van der Waals surface area contributed by atoms with Crippen molar-refractivity contribution in [1.82, 2.24) is 14.9 Å². The molecule has 0 spiro atoms. The summed E-state index contributed by atoms with van der Waals surface area (Å²) in [4.78, 5) is 13.7. The molecule has 2 aliphatic rings. The van der Waals surface area contributed by atoms with Gasteiger partial charge in [0.15, 0.2) is 5.82 Å². The molecule has 20 heavy (non-hydrogen) atoms. The molecule has 6 nitrogen and oxygen atoms in total. The van der Waals surface area contributed by atoms with Gasteiger partial charge in [-0.3, -0.25) is 4.90 Å². The maximum absolute atomic E-state index is 5.88. The second kappa shape index (κ2) is 5.63. The molecule has 2 saturated heterocycles. The number of likely N-dealkylation sites (N-methyl/N-ethyl adjacent to an activating group) is 1. The van der Waals surface area contributed by atoms with Gasteiger partial charge in [-0.15, -0.1) is 0 Å². The summed E-state index contributed by atoms with van der Waals surface area (Å²) in [5.74, 6) is 1.72. The minimum absolute atomic E-state index is 0.287. The van der Waals surface area contributed by atoms with Crippen LogP contribution in [0.4, 0.5) is 5.82 Å². The first-order chi connectivity index (χ1) is 9.67. The molecule has 2 unspecified atom stereocenters. The summed E-state index contributed by atoms with van der Waals surface area (Å²) in [5, 5.41) is 0. The minimum Gasteiger partial charge on any atom is -0.377 e. The summed E-state index contributed by atoms with van der Waals surface area (Å²) in [6.07, 6.45) is 0.287. The lowest BCUT2D eigenvalue weighted by molar-refractivity contribution is -0.0362.